The van der Waals surface area contributed by atoms with E-state index in [2.05, 4.69) is 12.2 Å². The molecule has 4 nitrogen and oxygen atoms in total. The maximum Gasteiger partial charge on any atom is 0.113 e. The van der Waals surface area contributed by atoms with Crippen molar-refractivity contribution >= 4 is 17.6 Å². The number of rotatable bonds is 6. The highest BCUT2D eigenvalue weighted by molar-refractivity contribution is 7.79. The molecule has 0 fully saturated rings. The number of hydrogen-bond donors (Lipinski definition) is 4. The third-order valence-corrected chi connectivity index (χ3v) is 2.23. The summed E-state index contributed by atoms with van der Waals surface area (Å²) in [6.07, 6.45) is -4.77. The summed E-state index contributed by atoms with van der Waals surface area (Å²) in [6, 6.07) is 0. The van der Waals surface area contributed by atoms with Crippen LogP contribution in [0.25, 0.3) is 0 Å². The first-order valence-electron chi connectivity index (χ1n) is 4.57. The molecule has 14 heavy (non-hydrogen) atoms. The Balaban J connectivity index is 4.15. The van der Waals surface area contributed by atoms with E-state index in [9.17, 15) is 15.3 Å². The number of aliphatic hydroxyl groups excluding tert-OH is 4. The van der Waals surface area contributed by atoms with Crippen molar-refractivity contribution in [1.82, 2.24) is 0 Å². The van der Waals surface area contributed by atoms with E-state index >= 15 is 0 Å². The van der Waals surface area contributed by atoms with Gasteiger partial charge in [0.1, 0.15) is 18.3 Å². The molecule has 0 spiro atoms. The fourth-order valence-electron chi connectivity index (χ4n) is 1.13. The van der Waals surface area contributed by atoms with Gasteiger partial charge >= 0.3 is 0 Å². The van der Waals surface area contributed by atoms with Crippen LogP contribution >= 0.6 is 12.2 Å². The fraction of sp³-hybridized carbons (Fsp3) is 0.889. The molecular weight excluding hydrogens is 204 g/mol. The predicted molar refractivity (Wildman–Crippen MR) is 57.1 cm³/mol. The Hall–Kier alpha value is -0.0700. The maximum absolute atomic E-state index is 9.43. The second kappa shape index (κ2) is 6.42. The standard InChI is InChI=1S/C9H18O4S/c1-5(2)3-6(10)8(12)9(13)7(11)4-14/h4-13H,3H2,1-2H3/t6?,7-,8+,9-/m0/s1. The van der Waals surface area contributed by atoms with Crippen LogP contribution in [0.5, 0.6) is 0 Å². The van der Waals surface area contributed by atoms with Gasteiger partial charge in [0.2, 0.25) is 0 Å². The molecule has 0 aliphatic rings. The van der Waals surface area contributed by atoms with Gasteiger partial charge < -0.3 is 20.4 Å². The van der Waals surface area contributed by atoms with Crippen molar-refractivity contribution in [3.05, 3.63) is 0 Å². The van der Waals surface area contributed by atoms with Crippen molar-refractivity contribution in [3.63, 3.8) is 0 Å². The van der Waals surface area contributed by atoms with Crippen LogP contribution in [0.3, 0.4) is 0 Å². The molecule has 0 aliphatic carbocycles. The van der Waals surface area contributed by atoms with Gasteiger partial charge in [-0.05, 0) is 12.3 Å². The molecular formula is C9H18O4S. The van der Waals surface area contributed by atoms with Crippen LogP contribution in [-0.4, -0.2) is 50.2 Å². The third kappa shape index (κ3) is 4.43. The minimum Gasteiger partial charge on any atom is -0.390 e. The Morgan fingerprint density at radius 3 is 1.93 bits per heavy atom. The van der Waals surface area contributed by atoms with E-state index in [4.69, 9.17) is 5.11 Å². The lowest BCUT2D eigenvalue weighted by molar-refractivity contribution is -0.0918. The van der Waals surface area contributed by atoms with E-state index in [0.29, 0.717) is 6.42 Å². The zero-order chi connectivity index (χ0) is 11.3. The largest absolute Gasteiger partial charge is 0.390 e. The summed E-state index contributed by atoms with van der Waals surface area (Å²) in [5.41, 5.74) is 0. The number of hydrogen-bond acceptors (Lipinski definition) is 5. The molecule has 84 valence electrons. The highest BCUT2D eigenvalue weighted by atomic mass is 32.1. The smallest absolute Gasteiger partial charge is 0.113 e. The Morgan fingerprint density at radius 2 is 1.57 bits per heavy atom. The molecule has 0 amide bonds. The van der Waals surface area contributed by atoms with Gasteiger partial charge in [-0.3, -0.25) is 0 Å². The second-order valence-corrected chi connectivity index (χ2v) is 4.08. The zero-order valence-corrected chi connectivity index (χ0v) is 9.18. The molecule has 0 saturated heterocycles. The summed E-state index contributed by atoms with van der Waals surface area (Å²) in [6.45, 7) is 3.77. The Kier molecular flexibility index (Phi) is 6.39. The minimum atomic E-state index is -1.43. The number of aliphatic hydroxyl groups is 4. The number of thiocarbonyl (C=S) groups is 1. The van der Waals surface area contributed by atoms with Gasteiger partial charge in [-0.25, -0.2) is 0 Å². The van der Waals surface area contributed by atoms with Crippen molar-refractivity contribution in [2.24, 2.45) is 5.92 Å². The van der Waals surface area contributed by atoms with Gasteiger partial charge in [-0.1, -0.05) is 26.1 Å². The van der Waals surface area contributed by atoms with E-state index in [1.165, 1.54) is 0 Å². The van der Waals surface area contributed by atoms with E-state index in [1.54, 1.807) is 0 Å². The van der Waals surface area contributed by atoms with E-state index in [-0.39, 0.29) is 5.92 Å². The van der Waals surface area contributed by atoms with Crippen LogP contribution in [0.2, 0.25) is 0 Å². The Labute approximate surface area is 89.2 Å². The average molecular weight is 222 g/mol. The Bertz CT molecular complexity index is 174. The highest BCUT2D eigenvalue weighted by Gasteiger charge is 2.29. The minimum absolute atomic E-state index is 0.205. The summed E-state index contributed by atoms with van der Waals surface area (Å²) in [4.78, 5) is 0. The normalized spacial score (nSPS) is 20.2. The lowest BCUT2D eigenvalue weighted by Gasteiger charge is -2.25. The molecule has 0 radical (unpaired) electrons. The summed E-state index contributed by atoms with van der Waals surface area (Å²) >= 11 is 4.42. The van der Waals surface area contributed by atoms with Crippen LogP contribution < -0.4 is 0 Å². The van der Waals surface area contributed by atoms with Crippen LogP contribution in [0.15, 0.2) is 0 Å². The molecule has 0 aromatic heterocycles. The van der Waals surface area contributed by atoms with Crippen molar-refractivity contribution in [2.45, 2.75) is 44.7 Å². The molecule has 4 N–H and O–H groups in total. The Morgan fingerprint density at radius 1 is 1.07 bits per heavy atom. The second-order valence-electron chi connectivity index (χ2n) is 3.80. The first-order chi connectivity index (χ1) is 6.40. The highest BCUT2D eigenvalue weighted by Crippen LogP contribution is 2.12. The third-order valence-electron chi connectivity index (χ3n) is 1.95. The molecule has 0 aromatic carbocycles. The first-order valence-corrected chi connectivity index (χ1v) is 5.04. The summed E-state index contributed by atoms with van der Waals surface area (Å²) in [5, 5.41) is 38.2. The topological polar surface area (TPSA) is 80.9 Å². The van der Waals surface area contributed by atoms with E-state index in [1.807, 2.05) is 13.8 Å². The van der Waals surface area contributed by atoms with Gasteiger partial charge in [0, 0.05) is 5.37 Å². The van der Waals surface area contributed by atoms with Crippen LogP contribution in [0.1, 0.15) is 20.3 Å². The quantitative estimate of drug-likeness (QED) is 0.455. The molecule has 0 aromatic rings. The van der Waals surface area contributed by atoms with Gasteiger partial charge in [-0.2, -0.15) is 0 Å². The van der Waals surface area contributed by atoms with Crippen LogP contribution in [0, 0.1) is 5.92 Å². The summed E-state index contributed by atoms with van der Waals surface area (Å²) < 4.78 is 0. The van der Waals surface area contributed by atoms with E-state index < -0.39 is 24.4 Å². The van der Waals surface area contributed by atoms with Crippen molar-refractivity contribution in [1.29, 1.82) is 0 Å². The zero-order valence-electron chi connectivity index (χ0n) is 8.37. The molecule has 0 saturated carbocycles. The predicted octanol–water partition coefficient (Wildman–Crippen LogP) is -0.524. The van der Waals surface area contributed by atoms with Crippen molar-refractivity contribution in [3.8, 4) is 0 Å². The molecule has 1 unspecified atom stereocenters. The molecule has 0 aliphatic heterocycles. The lowest BCUT2D eigenvalue weighted by Crippen LogP contribution is -2.45. The molecule has 0 heterocycles. The molecule has 0 rings (SSSR count). The summed E-state index contributed by atoms with van der Waals surface area (Å²) in [7, 11) is 0. The first kappa shape index (κ1) is 13.9. The lowest BCUT2D eigenvalue weighted by atomic mass is 9.97. The monoisotopic (exact) mass is 222 g/mol. The summed E-state index contributed by atoms with van der Waals surface area (Å²) in [5.74, 6) is 0.205. The van der Waals surface area contributed by atoms with Gasteiger partial charge in [0.15, 0.2) is 0 Å². The molecule has 0 bridgehead atoms. The fourth-order valence-corrected chi connectivity index (χ4v) is 1.29. The van der Waals surface area contributed by atoms with Crippen LogP contribution in [-0.2, 0) is 0 Å². The van der Waals surface area contributed by atoms with Crippen molar-refractivity contribution < 1.29 is 20.4 Å². The van der Waals surface area contributed by atoms with Gasteiger partial charge in [-0.15, -0.1) is 0 Å². The maximum atomic E-state index is 9.43. The van der Waals surface area contributed by atoms with Gasteiger partial charge in [0.25, 0.3) is 0 Å². The molecule has 5 heteroatoms. The molecule has 4 atom stereocenters. The van der Waals surface area contributed by atoms with E-state index in [0.717, 1.165) is 5.37 Å². The SMILES string of the molecule is CC(C)CC(O)[C@@H](O)[C@@H](O)[C@@H](O)C=S. The van der Waals surface area contributed by atoms with Gasteiger partial charge in [0.05, 0.1) is 6.10 Å². The van der Waals surface area contributed by atoms with Crippen LogP contribution in [0.4, 0.5) is 0 Å². The van der Waals surface area contributed by atoms with Crippen molar-refractivity contribution in [2.75, 3.05) is 0 Å². The average Bonchev–Trinajstić information content (AvgIpc) is 2.13.